The summed E-state index contributed by atoms with van der Waals surface area (Å²) in [7, 11) is 1.62. The summed E-state index contributed by atoms with van der Waals surface area (Å²) in [5.41, 5.74) is 3.86. The van der Waals surface area contributed by atoms with Gasteiger partial charge in [-0.2, -0.15) is 0 Å². The number of hydrogen-bond acceptors (Lipinski definition) is 7. The van der Waals surface area contributed by atoms with Crippen LogP contribution < -0.4 is 9.47 Å². The van der Waals surface area contributed by atoms with Gasteiger partial charge in [0.25, 0.3) is 5.91 Å². The Balaban J connectivity index is 1.42. The predicted molar refractivity (Wildman–Crippen MR) is 137 cm³/mol. The van der Waals surface area contributed by atoms with E-state index in [2.05, 4.69) is 24.8 Å². The van der Waals surface area contributed by atoms with Crippen molar-refractivity contribution in [1.82, 2.24) is 14.8 Å². The van der Waals surface area contributed by atoms with E-state index in [1.807, 2.05) is 46.7 Å². The van der Waals surface area contributed by atoms with Crippen molar-refractivity contribution in [2.24, 2.45) is 0 Å². The number of carbonyl (C=O) groups excluding carboxylic acids is 1. The van der Waals surface area contributed by atoms with Crippen LogP contribution in [0.5, 0.6) is 11.5 Å². The van der Waals surface area contributed by atoms with Gasteiger partial charge in [-0.3, -0.25) is 9.69 Å². The molecule has 1 saturated heterocycles. The first-order valence-electron chi connectivity index (χ1n) is 11.9. The lowest BCUT2D eigenvalue weighted by atomic mass is 10.1. The molecule has 3 aromatic rings. The Labute approximate surface area is 211 Å². The fourth-order valence-electron chi connectivity index (χ4n) is 4.10. The zero-order valence-electron chi connectivity index (χ0n) is 20.7. The van der Waals surface area contributed by atoms with Crippen LogP contribution in [0.3, 0.4) is 0 Å². The van der Waals surface area contributed by atoms with Gasteiger partial charge >= 0.3 is 0 Å². The normalized spacial score (nSPS) is 14.0. The molecule has 4 rings (SSSR count). The minimum Gasteiger partial charge on any atom is -0.497 e. The standard InChI is InChI=1S/C27H33N3O4S/c1-20-14-21(2)16-25(15-20)34-18-26-28-23(19-35-26)17-30(9-8-29-10-12-33-13-11-29)27(31)22-4-6-24(32-3)7-5-22/h4-7,14-16,19H,8-13,17-18H2,1-3H3. The number of morpholine rings is 1. The molecular weight excluding hydrogens is 462 g/mol. The maximum atomic E-state index is 13.4. The second-order valence-corrected chi connectivity index (χ2v) is 9.70. The smallest absolute Gasteiger partial charge is 0.254 e. The molecule has 1 amide bonds. The second-order valence-electron chi connectivity index (χ2n) is 8.75. The molecule has 0 radical (unpaired) electrons. The summed E-state index contributed by atoms with van der Waals surface area (Å²) in [6, 6.07) is 13.4. The number of rotatable bonds is 10. The van der Waals surface area contributed by atoms with Crippen molar-refractivity contribution in [3.8, 4) is 11.5 Å². The zero-order valence-corrected chi connectivity index (χ0v) is 21.5. The second kappa shape index (κ2) is 12.2. The van der Waals surface area contributed by atoms with Gasteiger partial charge in [-0.1, -0.05) is 6.07 Å². The van der Waals surface area contributed by atoms with Crippen molar-refractivity contribution in [2.45, 2.75) is 27.0 Å². The van der Waals surface area contributed by atoms with E-state index in [0.29, 0.717) is 25.3 Å². The van der Waals surface area contributed by atoms with Crippen LogP contribution in [0, 0.1) is 13.8 Å². The lowest BCUT2D eigenvalue weighted by Gasteiger charge is -2.30. The molecule has 2 aromatic carbocycles. The van der Waals surface area contributed by atoms with Crippen LogP contribution in [0.4, 0.5) is 0 Å². The molecular formula is C27H33N3O4S. The van der Waals surface area contributed by atoms with E-state index in [-0.39, 0.29) is 5.91 Å². The van der Waals surface area contributed by atoms with Crippen molar-refractivity contribution >= 4 is 17.2 Å². The van der Waals surface area contributed by atoms with Gasteiger partial charge in [0.1, 0.15) is 23.1 Å². The molecule has 0 saturated carbocycles. The zero-order chi connectivity index (χ0) is 24.6. The molecule has 0 N–H and O–H groups in total. The Morgan fingerprint density at radius 1 is 1.09 bits per heavy atom. The van der Waals surface area contributed by atoms with Crippen molar-refractivity contribution in [3.05, 3.63) is 75.2 Å². The van der Waals surface area contributed by atoms with E-state index >= 15 is 0 Å². The number of benzene rings is 2. The number of aryl methyl sites for hydroxylation is 2. The molecule has 0 aliphatic carbocycles. The number of carbonyl (C=O) groups is 1. The summed E-state index contributed by atoms with van der Waals surface area (Å²) in [5.74, 6) is 1.57. The van der Waals surface area contributed by atoms with Crippen molar-refractivity contribution < 1.29 is 19.0 Å². The van der Waals surface area contributed by atoms with E-state index in [0.717, 1.165) is 55.0 Å². The van der Waals surface area contributed by atoms with Crippen LogP contribution in [0.25, 0.3) is 0 Å². The third kappa shape index (κ3) is 7.27. The lowest BCUT2D eigenvalue weighted by Crippen LogP contribution is -2.43. The lowest BCUT2D eigenvalue weighted by molar-refractivity contribution is 0.0319. The fourth-order valence-corrected chi connectivity index (χ4v) is 4.80. The summed E-state index contributed by atoms with van der Waals surface area (Å²) < 4.78 is 16.7. The van der Waals surface area contributed by atoms with Gasteiger partial charge in [-0.05, 0) is 61.4 Å². The number of aromatic nitrogens is 1. The van der Waals surface area contributed by atoms with E-state index in [1.165, 1.54) is 11.1 Å². The summed E-state index contributed by atoms with van der Waals surface area (Å²) in [4.78, 5) is 22.4. The molecule has 7 nitrogen and oxygen atoms in total. The largest absolute Gasteiger partial charge is 0.497 e. The summed E-state index contributed by atoms with van der Waals surface area (Å²) in [6.07, 6.45) is 0. The van der Waals surface area contributed by atoms with E-state index < -0.39 is 0 Å². The third-order valence-corrected chi connectivity index (χ3v) is 6.79. The molecule has 1 aliphatic heterocycles. The molecule has 186 valence electrons. The van der Waals surface area contributed by atoms with E-state index in [4.69, 9.17) is 19.2 Å². The SMILES string of the molecule is COc1ccc(C(=O)N(CCN2CCOCC2)Cc2csc(COc3cc(C)cc(C)c3)n2)cc1. The monoisotopic (exact) mass is 495 g/mol. The van der Waals surface area contributed by atoms with Gasteiger partial charge in [0, 0.05) is 37.1 Å². The Morgan fingerprint density at radius 3 is 2.49 bits per heavy atom. The number of methoxy groups -OCH3 is 1. The van der Waals surface area contributed by atoms with Crippen LogP contribution in [0.2, 0.25) is 0 Å². The highest BCUT2D eigenvalue weighted by molar-refractivity contribution is 7.09. The third-order valence-electron chi connectivity index (χ3n) is 5.92. The number of hydrogen-bond donors (Lipinski definition) is 0. The number of thiazole rings is 1. The summed E-state index contributed by atoms with van der Waals surface area (Å²) in [5, 5.41) is 2.91. The number of amides is 1. The Bertz CT molecular complexity index is 1090. The molecule has 0 atom stereocenters. The fraction of sp³-hybridized carbons (Fsp3) is 0.407. The van der Waals surface area contributed by atoms with Gasteiger partial charge in [-0.25, -0.2) is 4.98 Å². The quantitative estimate of drug-likeness (QED) is 0.417. The van der Waals surface area contributed by atoms with Crippen LogP contribution in [-0.4, -0.2) is 67.2 Å². The average molecular weight is 496 g/mol. The average Bonchev–Trinajstić information content (AvgIpc) is 3.32. The highest BCUT2D eigenvalue weighted by Gasteiger charge is 2.20. The van der Waals surface area contributed by atoms with Gasteiger partial charge in [0.2, 0.25) is 0 Å². The maximum Gasteiger partial charge on any atom is 0.254 e. The minimum atomic E-state index is -0.0121. The number of nitrogens with zero attached hydrogens (tertiary/aromatic N) is 3. The molecule has 1 aromatic heterocycles. The van der Waals surface area contributed by atoms with Gasteiger partial charge in [0.05, 0.1) is 32.6 Å². The first kappa shape index (κ1) is 25.2. The molecule has 8 heteroatoms. The molecule has 0 bridgehead atoms. The molecule has 1 fully saturated rings. The van der Waals surface area contributed by atoms with Gasteiger partial charge in [0.15, 0.2) is 0 Å². The first-order chi connectivity index (χ1) is 17.0. The molecule has 0 unspecified atom stereocenters. The Kier molecular flexibility index (Phi) is 8.74. The first-order valence-corrected chi connectivity index (χ1v) is 12.8. The predicted octanol–water partition coefficient (Wildman–Crippen LogP) is 4.32. The Morgan fingerprint density at radius 2 is 1.80 bits per heavy atom. The van der Waals surface area contributed by atoms with E-state index in [9.17, 15) is 4.79 Å². The molecule has 2 heterocycles. The molecule has 1 aliphatic rings. The highest BCUT2D eigenvalue weighted by Crippen LogP contribution is 2.20. The van der Waals surface area contributed by atoms with Crippen molar-refractivity contribution in [1.29, 1.82) is 0 Å². The molecule has 0 spiro atoms. The van der Waals surface area contributed by atoms with Crippen LogP contribution in [-0.2, 0) is 17.9 Å². The van der Waals surface area contributed by atoms with Crippen LogP contribution in [0.1, 0.15) is 32.2 Å². The van der Waals surface area contributed by atoms with Crippen LogP contribution >= 0.6 is 11.3 Å². The van der Waals surface area contributed by atoms with Gasteiger partial charge in [-0.15, -0.1) is 11.3 Å². The van der Waals surface area contributed by atoms with Crippen molar-refractivity contribution in [3.63, 3.8) is 0 Å². The summed E-state index contributed by atoms with van der Waals surface area (Å²) in [6.45, 7) is 9.67. The van der Waals surface area contributed by atoms with Crippen LogP contribution in [0.15, 0.2) is 47.8 Å². The van der Waals surface area contributed by atoms with Gasteiger partial charge < -0.3 is 19.1 Å². The maximum absolute atomic E-state index is 13.4. The van der Waals surface area contributed by atoms with E-state index in [1.54, 1.807) is 18.4 Å². The molecule has 35 heavy (non-hydrogen) atoms. The number of ether oxygens (including phenoxy) is 3. The topological polar surface area (TPSA) is 64.1 Å². The highest BCUT2D eigenvalue weighted by atomic mass is 32.1. The van der Waals surface area contributed by atoms with Crippen molar-refractivity contribution in [2.75, 3.05) is 46.5 Å². The Hall–Kier alpha value is -2.94. The summed E-state index contributed by atoms with van der Waals surface area (Å²) >= 11 is 1.56. The minimum absolute atomic E-state index is 0.0121.